The van der Waals surface area contributed by atoms with Gasteiger partial charge in [-0.25, -0.2) is 9.97 Å². The molecule has 2 N–H and O–H groups in total. The zero-order chi connectivity index (χ0) is 17.0. The number of hydrogen-bond donors (Lipinski definition) is 1. The van der Waals surface area contributed by atoms with Crippen molar-refractivity contribution < 1.29 is 4.74 Å². The monoisotopic (exact) mass is 327 g/mol. The van der Waals surface area contributed by atoms with Gasteiger partial charge in [0.1, 0.15) is 11.6 Å². The summed E-state index contributed by atoms with van der Waals surface area (Å²) in [6, 6.07) is 18.7. The van der Waals surface area contributed by atoms with Gasteiger partial charge in [0, 0.05) is 22.8 Å². The Kier molecular flexibility index (Phi) is 2.95. The van der Waals surface area contributed by atoms with Crippen LogP contribution in [-0.4, -0.2) is 9.97 Å². The van der Waals surface area contributed by atoms with E-state index in [1.54, 1.807) is 0 Å². The van der Waals surface area contributed by atoms with Crippen molar-refractivity contribution >= 4 is 27.6 Å². The lowest BCUT2D eigenvalue weighted by Gasteiger charge is -2.10. The van der Waals surface area contributed by atoms with Crippen LogP contribution in [-0.2, 0) is 6.42 Å². The lowest BCUT2D eigenvalue weighted by molar-refractivity contribution is 0.231. The Bertz CT molecular complexity index is 1120. The largest absolute Gasteiger partial charge is 0.469 e. The van der Waals surface area contributed by atoms with Crippen molar-refractivity contribution in [2.24, 2.45) is 0 Å². The van der Waals surface area contributed by atoms with Crippen LogP contribution in [0.5, 0.6) is 5.88 Å². The van der Waals surface area contributed by atoms with E-state index in [0.29, 0.717) is 17.2 Å². The average molecular weight is 327 g/mol. The van der Waals surface area contributed by atoms with Crippen LogP contribution in [0.2, 0.25) is 0 Å². The quantitative estimate of drug-likeness (QED) is 0.528. The lowest BCUT2D eigenvalue weighted by atomic mass is 10.0. The Hall–Kier alpha value is -3.14. The number of benzene rings is 2. The number of pyridine rings is 2. The molecule has 0 fully saturated rings. The van der Waals surface area contributed by atoms with Gasteiger partial charge in [-0.1, -0.05) is 42.5 Å². The fourth-order valence-electron chi connectivity index (χ4n) is 3.56. The predicted octanol–water partition coefficient (Wildman–Crippen LogP) is 4.35. The van der Waals surface area contributed by atoms with Crippen molar-refractivity contribution in [3.63, 3.8) is 0 Å². The molecule has 4 heteroatoms. The summed E-state index contributed by atoms with van der Waals surface area (Å²) in [5.74, 6) is 1.11. The van der Waals surface area contributed by atoms with Gasteiger partial charge in [0.15, 0.2) is 5.82 Å². The van der Waals surface area contributed by atoms with Gasteiger partial charge in [-0.2, -0.15) is 0 Å². The molecule has 2 aromatic carbocycles. The Morgan fingerprint density at radius 2 is 1.84 bits per heavy atom. The third-order valence-corrected chi connectivity index (χ3v) is 4.82. The molecule has 122 valence electrons. The summed E-state index contributed by atoms with van der Waals surface area (Å²) in [5.41, 5.74) is 11.3. The molecule has 1 aliphatic heterocycles. The maximum Gasteiger partial charge on any atom is 0.218 e. The second-order valence-corrected chi connectivity index (χ2v) is 6.59. The summed E-state index contributed by atoms with van der Waals surface area (Å²) < 4.78 is 6.09. The fourth-order valence-corrected chi connectivity index (χ4v) is 3.56. The Morgan fingerprint density at radius 1 is 1.00 bits per heavy atom. The number of aromatic nitrogens is 2. The molecule has 4 aromatic rings. The van der Waals surface area contributed by atoms with Crippen molar-refractivity contribution in [2.45, 2.75) is 19.4 Å². The molecule has 5 rings (SSSR count). The number of nitrogens with zero attached hydrogens (tertiary/aromatic N) is 2. The van der Waals surface area contributed by atoms with Crippen LogP contribution in [0.4, 0.5) is 5.82 Å². The van der Waals surface area contributed by atoms with Crippen molar-refractivity contribution in [3.05, 3.63) is 71.3 Å². The van der Waals surface area contributed by atoms with E-state index in [2.05, 4.69) is 48.3 Å². The van der Waals surface area contributed by atoms with Gasteiger partial charge in [-0.3, -0.25) is 0 Å². The molecule has 2 aromatic heterocycles. The number of fused-ring (bicyclic) bond motifs is 4. The van der Waals surface area contributed by atoms with Crippen LogP contribution in [0.15, 0.2) is 54.6 Å². The summed E-state index contributed by atoms with van der Waals surface area (Å²) in [5, 5.41) is 2.12. The van der Waals surface area contributed by atoms with Crippen molar-refractivity contribution in [1.29, 1.82) is 0 Å². The van der Waals surface area contributed by atoms with Gasteiger partial charge in [-0.15, -0.1) is 0 Å². The minimum atomic E-state index is 0.00297. The summed E-state index contributed by atoms with van der Waals surface area (Å²) in [7, 11) is 0. The standard InChI is InChI=1S/C21H17N3O/c1-12-7-8-15-16-10-14-11-18(13-5-3-2-4-6-13)25-21(14)24-19(16)20(22)23-17(15)9-12/h2-10,18H,11H2,1H3,(H2,22,23). The number of hydrogen-bond acceptors (Lipinski definition) is 4. The van der Waals surface area contributed by atoms with E-state index in [9.17, 15) is 0 Å². The maximum atomic E-state index is 6.18. The summed E-state index contributed by atoms with van der Waals surface area (Å²) in [4.78, 5) is 9.22. The first-order valence-electron chi connectivity index (χ1n) is 8.40. The van der Waals surface area contributed by atoms with Gasteiger partial charge in [0.25, 0.3) is 0 Å². The molecule has 0 spiro atoms. The zero-order valence-electron chi connectivity index (χ0n) is 13.9. The molecule has 0 aliphatic carbocycles. The highest BCUT2D eigenvalue weighted by Gasteiger charge is 2.27. The maximum absolute atomic E-state index is 6.18. The van der Waals surface area contributed by atoms with Gasteiger partial charge >= 0.3 is 0 Å². The topological polar surface area (TPSA) is 61.0 Å². The van der Waals surface area contributed by atoms with Crippen molar-refractivity contribution in [3.8, 4) is 5.88 Å². The Morgan fingerprint density at radius 3 is 2.68 bits per heavy atom. The van der Waals surface area contributed by atoms with Gasteiger partial charge < -0.3 is 10.5 Å². The third kappa shape index (κ3) is 2.22. The highest BCUT2D eigenvalue weighted by Crippen LogP contribution is 2.39. The second-order valence-electron chi connectivity index (χ2n) is 6.59. The summed E-state index contributed by atoms with van der Waals surface area (Å²) >= 11 is 0. The Balaban J connectivity index is 1.69. The van der Waals surface area contributed by atoms with Crippen LogP contribution in [0.1, 0.15) is 22.8 Å². The summed E-state index contributed by atoms with van der Waals surface area (Å²) in [6.07, 6.45) is 0.820. The number of rotatable bonds is 1. The second kappa shape index (κ2) is 5.18. The molecule has 25 heavy (non-hydrogen) atoms. The molecule has 0 saturated heterocycles. The molecule has 0 radical (unpaired) electrons. The first kappa shape index (κ1) is 14.2. The summed E-state index contributed by atoms with van der Waals surface area (Å²) in [6.45, 7) is 2.06. The van der Waals surface area contributed by atoms with Gasteiger partial charge in [-0.05, 0) is 30.2 Å². The number of aryl methyl sites for hydroxylation is 1. The number of nitrogens with two attached hydrogens (primary N) is 1. The number of ether oxygens (including phenoxy) is 1. The van der Waals surface area contributed by atoms with Crippen LogP contribution >= 0.6 is 0 Å². The first-order chi connectivity index (χ1) is 12.2. The molecule has 0 amide bonds. The minimum Gasteiger partial charge on any atom is -0.469 e. The lowest BCUT2D eigenvalue weighted by Crippen LogP contribution is -2.02. The SMILES string of the molecule is Cc1ccc2c(c1)nc(N)c1nc3c(cc12)CC(c1ccccc1)O3. The van der Waals surface area contributed by atoms with Crippen LogP contribution in [0, 0.1) is 6.92 Å². The van der Waals surface area contributed by atoms with E-state index in [0.717, 1.165) is 33.8 Å². The molecule has 1 aliphatic rings. The molecule has 3 heterocycles. The van der Waals surface area contributed by atoms with Crippen LogP contribution in [0.25, 0.3) is 21.8 Å². The molecule has 0 saturated carbocycles. The first-order valence-corrected chi connectivity index (χ1v) is 8.40. The smallest absolute Gasteiger partial charge is 0.218 e. The van der Waals surface area contributed by atoms with Gasteiger partial charge in [0.05, 0.1) is 5.52 Å². The van der Waals surface area contributed by atoms with Crippen LogP contribution in [0.3, 0.4) is 0 Å². The van der Waals surface area contributed by atoms with E-state index in [-0.39, 0.29) is 6.10 Å². The number of anilines is 1. The Labute approximate surface area is 145 Å². The minimum absolute atomic E-state index is 0.00297. The van der Waals surface area contributed by atoms with E-state index >= 15 is 0 Å². The highest BCUT2D eigenvalue weighted by atomic mass is 16.5. The fraction of sp³-hybridized carbons (Fsp3) is 0.143. The molecular weight excluding hydrogens is 310 g/mol. The van der Waals surface area contributed by atoms with Crippen molar-refractivity contribution in [2.75, 3.05) is 5.73 Å². The van der Waals surface area contributed by atoms with Crippen LogP contribution < -0.4 is 10.5 Å². The predicted molar refractivity (Wildman–Crippen MR) is 99.7 cm³/mol. The van der Waals surface area contributed by atoms with Gasteiger partial charge in [0.2, 0.25) is 5.88 Å². The molecule has 1 atom stereocenters. The molecule has 4 nitrogen and oxygen atoms in total. The molecule has 1 unspecified atom stereocenters. The van der Waals surface area contributed by atoms with E-state index in [1.807, 2.05) is 18.2 Å². The molecule has 0 bridgehead atoms. The number of nitrogen functional groups attached to an aromatic ring is 1. The van der Waals surface area contributed by atoms with E-state index < -0.39 is 0 Å². The normalized spacial score (nSPS) is 16.1. The van der Waals surface area contributed by atoms with E-state index in [4.69, 9.17) is 15.5 Å². The third-order valence-electron chi connectivity index (χ3n) is 4.82. The van der Waals surface area contributed by atoms with E-state index in [1.165, 1.54) is 5.56 Å². The molecular formula is C21H17N3O. The highest BCUT2D eigenvalue weighted by molar-refractivity contribution is 6.08. The van der Waals surface area contributed by atoms with Crippen molar-refractivity contribution in [1.82, 2.24) is 9.97 Å². The average Bonchev–Trinajstić information content (AvgIpc) is 3.04. The zero-order valence-corrected chi connectivity index (χ0v) is 13.9.